The van der Waals surface area contributed by atoms with Gasteiger partial charge in [-0.3, -0.25) is 4.90 Å². The number of urea groups is 1. The molecule has 1 N–H and O–H groups in total. The average molecular weight is 360 g/mol. The van der Waals surface area contributed by atoms with Crippen LogP contribution in [0.15, 0.2) is 30.3 Å². The zero-order chi connectivity index (χ0) is 18.2. The number of piperidine rings is 1. The molecule has 0 aliphatic carbocycles. The van der Waals surface area contributed by atoms with Gasteiger partial charge in [0.2, 0.25) is 0 Å². The molecule has 1 aromatic carbocycles. The van der Waals surface area contributed by atoms with Crippen LogP contribution in [-0.4, -0.2) is 61.3 Å². The van der Waals surface area contributed by atoms with E-state index in [0.717, 1.165) is 58.1 Å². The predicted molar refractivity (Wildman–Crippen MR) is 104 cm³/mol. The van der Waals surface area contributed by atoms with Gasteiger partial charge in [0.05, 0.1) is 6.10 Å². The summed E-state index contributed by atoms with van der Waals surface area (Å²) < 4.78 is 5.61. The Kier molecular flexibility index (Phi) is 7.32. The lowest BCUT2D eigenvalue weighted by molar-refractivity contribution is 0.0710. The predicted octanol–water partition coefficient (Wildman–Crippen LogP) is 3.11. The summed E-state index contributed by atoms with van der Waals surface area (Å²) >= 11 is 0. The molecule has 0 radical (unpaired) electrons. The van der Waals surface area contributed by atoms with Crippen molar-refractivity contribution < 1.29 is 9.53 Å². The van der Waals surface area contributed by atoms with E-state index in [-0.39, 0.29) is 12.1 Å². The van der Waals surface area contributed by atoms with Crippen molar-refractivity contribution in [3.63, 3.8) is 0 Å². The average Bonchev–Trinajstić information content (AvgIpc) is 2.88. The van der Waals surface area contributed by atoms with E-state index in [1.54, 1.807) is 0 Å². The van der Waals surface area contributed by atoms with E-state index in [0.29, 0.717) is 6.54 Å². The van der Waals surface area contributed by atoms with Crippen LogP contribution in [-0.2, 0) is 11.3 Å². The second kappa shape index (κ2) is 9.93. The molecule has 2 aliphatic rings. The zero-order valence-corrected chi connectivity index (χ0v) is 16.0. The first-order valence-electron chi connectivity index (χ1n) is 10.1. The van der Waals surface area contributed by atoms with Crippen LogP contribution >= 0.6 is 0 Å². The first-order chi connectivity index (χ1) is 12.7. The Balaban J connectivity index is 1.32. The second-order valence-electron chi connectivity index (χ2n) is 7.71. The van der Waals surface area contributed by atoms with E-state index in [2.05, 4.69) is 40.5 Å². The molecular weight excluding hydrogens is 326 g/mol. The third-order valence-corrected chi connectivity index (χ3v) is 5.52. The molecule has 0 unspecified atom stereocenters. The molecule has 2 fully saturated rings. The molecule has 2 aliphatic heterocycles. The molecule has 5 nitrogen and oxygen atoms in total. The Labute approximate surface area is 157 Å². The van der Waals surface area contributed by atoms with Gasteiger partial charge in [0.1, 0.15) is 0 Å². The Hall–Kier alpha value is -1.59. The highest BCUT2D eigenvalue weighted by Crippen LogP contribution is 2.21. The minimum absolute atomic E-state index is 0.0730. The van der Waals surface area contributed by atoms with Crippen LogP contribution in [0, 0.1) is 5.92 Å². The summed E-state index contributed by atoms with van der Waals surface area (Å²) in [6.07, 6.45) is 4.62. The fraction of sp³-hybridized carbons (Fsp3) is 0.667. The number of amides is 2. The number of nitrogens with zero attached hydrogens (tertiary/aromatic N) is 2. The number of carbonyl (C=O) groups excluding carboxylic acids is 1. The summed E-state index contributed by atoms with van der Waals surface area (Å²) in [5, 5.41) is 3.12. The molecule has 2 heterocycles. The van der Waals surface area contributed by atoms with E-state index < -0.39 is 0 Å². The van der Waals surface area contributed by atoms with Crippen molar-refractivity contribution in [2.45, 2.75) is 45.3 Å². The van der Waals surface area contributed by atoms with Gasteiger partial charge in [0, 0.05) is 32.8 Å². The molecule has 2 saturated heterocycles. The Morgan fingerprint density at radius 2 is 1.96 bits per heavy atom. The number of hydrogen-bond donors (Lipinski definition) is 1. The maximum atomic E-state index is 12.3. The smallest absolute Gasteiger partial charge is 0.317 e. The monoisotopic (exact) mass is 359 g/mol. The maximum absolute atomic E-state index is 12.3. The largest absolute Gasteiger partial charge is 0.377 e. The van der Waals surface area contributed by atoms with Crippen LogP contribution in [0.1, 0.15) is 38.2 Å². The van der Waals surface area contributed by atoms with Crippen LogP contribution in [0.2, 0.25) is 0 Å². The van der Waals surface area contributed by atoms with Crippen LogP contribution in [0.5, 0.6) is 0 Å². The summed E-state index contributed by atoms with van der Waals surface area (Å²) in [5.74, 6) is 0.730. The lowest BCUT2D eigenvalue weighted by Gasteiger charge is -2.32. The third-order valence-electron chi connectivity index (χ3n) is 5.52. The quantitative estimate of drug-likeness (QED) is 0.879. The van der Waals surface area contributed by atoms with Crippen molar-refractivity contribution in [2.24, 2.45) is 5.92 Å². The molecular formula is C21H33N3O2. The lowest BCUT2D eigenvalue weighted by atomic mass is 9.93. The van der Waals surface area contributed by atoms with E-state index in [9.17, 15) is 4.79 Å². The van der Waals surface area contributed by atoms with Crippen LogP contribution in [0.4, 0.5) is 4.79 Å². The molecule has 144 valence electrons. The van der Waals surface area contributed by atoms with E-state index in [1.807, 2.05) is 11.8 Å². The zero-order valence-electron chi connectivity index (χ0n) is 16.0. The van der Waals surface area contributed by atoms with Crippen molar-refractivity contribution in [1.82, 2.24) is 15.1 Å². The molecule has 3 rings (SSSR count). The van der Waals surface area contributed by atoms with Crippen molar-refractivity contribution in [2.75, 3.05) is 39.3 Å². The molecule has 26 heavy (non-hydrogen) atoms. The fourth-order valence-corrected chi connectivity index (χ4v) is 3.95. The molecule has 0 spiro atoms. The molecule has 5 heteroatoms. The normalized spacial score (nSPS) is 22.8. The molecule has 1 atom stereocenters. The Morgan fingerprint density at radius 1 is 1.19 bits per heavy atom. The molecule has 0 saturated carbocycles. The Bertz CT molecular complexity index is 543. The van der Waals surface area contributed by atoms with E-state index in [1.165, 1.54) is 18.4 Å². The summed E-state index contributed by atoms with van der Waals surface area (Å²) in [4.78, 5) is 16.8. The maximum Gasteiger partial charge on any atom is 0.317 e. The third kappa shape index (κ3) is 5.99. The highest BCUT2D eigenvalue weighted by Gasteiger charge is 2.21. The Morgan fingerprint density at radius 3 is 2.73 bits per heavy atom. The summed E-state index contributed by atoms with van der Waals surface area (Å²) in [6.45, 7) is 8.45. The van der Waals surface area contributed by atoms with Gasteiger partial charge in [-0.25, -0.2) is 4.79 Å². The first kappa shape index (κ1) is 19.2. The van der Waals surface area contributed by atoms with Gasteiger partial charge in [0.25, 0.3) is 0 Å². The number of ether oxygens (including phenoxy) is 1. The molecule has 1 aromatic rings. The van der Waals surface area contributed by atoms with Crippen molar-refractivity contribution in [1.29, 1.82) is 0 Å². The topological polar surface area (TPSA) is 44.8 Å². The van der Waals surface area contributed by atoms with Crippen molar-refractivity contribution in [3.05, 3.63) is 35.9 Å². The number of nitrogens with one attached hydrogen (secondary N) is 1. The molecule has 0 aromatic heterocycles. The summed E-state index contributed by atoms with van der Waals surface area (Å²) in [6, 6.07) is 10.8. The number of likely N-dealkylation sites (tertiary alicyclic amines) is 1. The minimum Gasteiger partial charge on any atom is -0.377 e. The number of carbonyl (C=O) groups is 1. The first-order valence-corrected chi connectivity index (χ1v) is 10.1. The van der Waals surface area contributed by atoms with Gasteiger partial charge in [0.15, 0.2) is 0 Å². The van der Waals surface area contributed by atoms with Gasteiger partial charge in [-0.15, -0.1) is 0 Å². The minimum atomic E-state index is 0.0730. The molecule has 0 bridgehead atoms. The van der Waals surface area contributed by atoms with Gasteiger partial charge >= 0.3 is 6.03 Å². The standard InChI is InChI=1S/C21H33N3O2/c1-18-16-24(12-5-15-26-18)21(25)22-11-8-19-9-13-23(14-10-19)17-20-6-3-2-4-7-20/h2-4,6-7,18-19H,5,8-17H2,1H3,(H,22,25)/t18-/m0/s1. The fourth-order valence-electron chi connectivity index (χ4n) is 3.95. The van der Waals surface area contributed by atoms with Crippen LogP contribution in [0.25, 0.3) is 0 Å². The highest BCUT2D eigenvalue weighted by molar-refractivity contribution is 5.74. The summed E-state index contributed by atoms with van der Waals surface area (Å²) in [5.41, 5.74) is 1.40. The number of benzene rings is 1. The van der Waals surface area contributed by atoms with Crippen molar-refractivity contribution >= 4 is 6.03 Å². The van der Waals surface area contributed by atoms with Crippen LogP contribution < -0.4 is 5.32 Å². The van der Waals surface area contributed by atoms with E-state index >= 15 is 0 Å². The van der Waals surface area contributed by atoms with E-state index in [4.69, 9.17) is 4.74 Å². The highest BCUT2D eigenvalue weighted by atomic mass is 16.5. The second-order valence-corrected chi connectivity index (χ2v) is 7.71. The van der Waals surface area contributed by atoms with Crippen LogP contribution in [0.3, 0.4) is 0 Å². The van der Waals surface area contributed by atoms with Gasteiger partial charge in [-0.2, -0.15) is 0 Å². The van der Waals surface area contributed by atoms with Gasteiger partial charge < -0.3 is 15.0 Å². The summed E-state index contributed by atoms with van der Waals surface area (Å²) in [7, 11) is 0. The SMILES string of the molecule is C[C@H]1CN(C(=O)NCCC2CCN(Cc3ccccc3)CC2)CCCO1. The van der Waals surface area contributed by atoms with Gasteiger partial charge in [-0.1, -0.05) is 30.3 Å². The van der Waals surface area contributed by atoms with Crippen molar-refractivity contribution in [3.8, 4) is 0 Å². The van der Waals surface area contributed by atoms with Gasteiger partial charge in [-0.05, 0) is 57.2 Å². The number of rotatable bonds is 5. The number of hydrogen-bond acceptors (Lipinski definition) is 3. The molecule has 2 amide bonds. The lowest BCUT2D eigenvalue weighted by Crippen LogP contribution is -2.43.